The van der Waals surface area contributed by atoms with Gasteiger partial charge in [-0.2, -0.15) is 4.98 Å². The zero-order valence-corrected chi connectivity index (χ0v) is 15.1. The van der Waals surface area contributed by atoms with Crippen molar-refractivity contribution < 1.29 is 14.1 Å². The molecule has 1 aliphatic rings. The second-order valence-corrected chi connectivity index (χ2v) is 6.37. The third-order valence-corrected chi connectivity index (χ3v) is 4.41. The van der Waals surface area contributed by atoms with Gasteiger partial charge < -0.3 is 14.2 Å². The quantitative estimate of drug-likeness (QED) is 0.830. The number of aryl methyl sites for hydroxylation is 1. The molecule has 0 aliphatic carbocycles. The standard InChI is InChI=1S/C17H21ClN4O3/c1-3-24-17(23)22-8-6-21(7-9-22)11-15-19-16(25-20-15)13-10-12(2)4-5-14(13)18/h4-5,10H,3,6-9,11H2,1-2H3. The number of hydrogen-bond donors (Lipinski definition) is 0. The number of piperazine rings is 1. The maximum absolute atomic E-state index is 11.7. The van der Waals surface area contributed by atoms with E-state index in [-0.39, 0.29) is 6.09 Å². The van der Waals surface area contributed by atoms with Gasteiger partial charge in [0.2, 0.25) is 0 Å². The van der Waals surface area contributed by atoms with Crippen LogP contribution in [-0.2, 0) is 11.3 Å². The average Bonchev–Trinajstić information content (AvgIpc) is 3.06. The van der Waals surface area contributed by atoms with Crippen LogP contribution in [0.2, 0.25) is 5.02 Å². The lowest BCUT2D eigenvalue weighted by molar-refractivity contribution is 0.0769. The molecule has 2 aromatic rings. The lowest BCUT2D eigenvalue weighted by Gasteiger charge is -2.33. The molecule has 0 spiro atoms. The van der Waals surface area contributed by atoms with Crippen LogP contribution in [-0.4, -0.2) is 58.8 Å². The predicted molar refractivity (Wildman–Crippen MR) is 93.4 cm³/mol. The number of halogens is 1. The van der Waals surface area contributed by atoms with Gasteiger partial charge in [-0.15, -0.1) is 0 Å². The fraction of sp³-hybridized carbons (Fsp3) is 0.471. The Labute approximate surface area is 151 Å². The fourth-order valence-electron chi connectivity index (χ4n) is 2.73. The Kier molecular flexibility index (Phi) is 5.55. The maximum atomic E-state index is 11.7. The first kappa shape index (κ1) is 17.7. The summed E-state index contributed by atoms with van der Waals surface area (Å²) in [6.45, 7) is 7.51. The van der Waals surface area contributed by atoms with Gasteiger partial charge in [0, 0.05) is 26.2 Å². The molecule has 1 aromatic carbocycles. The summed E-state index contributed by atoms with van der Waals surface area (Å²) < 4.78 is 10.4. The Morgan fingerprint density at radius 3 is 2.80 bits per heavy atom. The summed E-state index contributed by atoms with van der Waals surface area (Å²) in [5.41, 5.74) is 1.82. The molecule has 0 bridgehead atoms. The lowest BCUT2D eigenvalue weighted by Crippen LogP contribution is -2.48. The van der Waals surface area contributed by atoms with E-state index in [9.17, 15) is 4.79 Å². The van der Waals surface area contributed by atoms with E-state index in [0.29, 0.717) is 43.0 Å². The van der Waals surface area contributed by atoms with E-state index in [1.54, 1.807) is 4.90 Å². The molecule has 7 nitrogen and oxygen atoms in total. The van der Waals surface area contributed by atoms with Gasteiger partial charge >= 0.3 is 6.09 Å². The molecule has 8 heteroatoms. The Bertz CT molecular complexity index is 741. The molecule has 0 unspecified atom stereocenters. The number of nitrogens with zero attached hydrogens (tertiary/aromatic N) is 4. The Morgan fingerprint density at radius 2 is 2.08 bits per heavy atom. The second kappa shape index (κ2) is 7.84. The van der Waals surface area contributed by atoms with Crippen molar-refractivity contribution in [2.75, 3.05) is 32.8 Å². The molecule has 0 radical (unpaired) electrons. The molecular weight excluding hydrogens is 344 g/mol. The number of amides is 1. The SMILES string of the molecule is CCOC(=O)N1CCN(Cc2noc(-c3cc(C)ccc3Cl)n2)CC1. The van der Waals surface area contributed by atoms with Gasteiger partial charge in [0.25, 0.3) is 5.89 Å². The van der Waals surface area contributed by atoms with Crippen molar-refractivity contribution in [3.8, 4) is 11.5 Å². The lowest BCUT2D eigenvalue weighted by atomic mass is 10.1. The molecule has 0 saturated carbocycles. The summed E-state index contributed by atoms with van der Waals surface area (Å²) in [6, 6.07) is 5.69. The monoisotopic (exact) mass is 364 g/mol. The van der Waals surface area contributed by atoms with Crippen LogP contribution in [0.4, 0.5) is 4.79 Å². The van der Waals surface area contributed by atoms with E-state index in [2.05, 4.69) is 15.0 Å². The van der Waals surface area contributed by atoms with Crippen molar-refractivity contribution in [2.24, 2.45) is 0 Å². The van der Waals surface area contributed by atoms with Crippen molar-refractivity contribution in [1.29, 1.82) is 0 Å². The van der Waals surface area contributed by atoms with Gasteiger partial charge in [-0.05, 0) is 26.0 Å². The number of carbonyl (C=O) groups is 1. The van der Waals surface area contributed by atoms with Crippen LogP contribution in [0.25, 0.3) is 11.5 Å². The summed E-state index contributed by atoms with van der Waals surface area (Å²) >= 11 is 6.22. The van der Waals surface area contributed by atoms with Crippen LogP contribution in [0.15, 0.2) is 22.7 Å². The largest absolute Gasteiger partial charge is 0.450 e. The predicted octanol–water partition coefficient (Wildman–Crippen LogP) is 2.97. The third-order valence-electron chi connectivity index (χ3n) is 4.08. The molecule has 1 saturated heterocycles. The van der Waals surface area contributed by atoms with E-state index in [1.807, 2.05) is 32.0 Å². The molecule has 0 atom stereocenters. The van der Waals surface area contributed by atoms with E-state index in [4.69, 9.17) is 20.9 Å². The summed E-state index contributed by atoms with van der Waals surface area (Å²) in [4.78, 5) is 20.1. The topological polar surface area (TPSA) is 71.7 Å². The molecule has 2 heterocycles. The van der Waals surface area contributed by atoms with E-state index in [0.717, 1.165) is 24.2 Å². The minimum atomic E-state index is -0.252. The van der Waals surface area contributed by atoms with Gasteiger partial charge in [-0.3, -0.25) is 4.90 Å². The molecular formula is C17H21ClN4O3. The Balaban J connectivity index is 1.59. The maximum Gasteiger partial charge on any atom is 0.409 e. The minimum absolute atomic E-state index is 0.252. The second-order valence-electron chi connectivity index (χ2n) is 5.96. The van der Waals surface area contributed by atoms with E-state index < -0.39 is 0 Å². The first-order valence-corrected chi connectivity index (χ1v) is 8.67. The number of aromatic nitrogens is 2. The zero-order chi connectivity index (χ0) is 17.8. The van der Waals surface area contributed by atoms with E-state index in [1.165, 1.54) is 0 Å². The molecule has 134 valence electrons. The Morgan fingerprint density at radius 1 is 1.32 bits per heavy atom. The first-order chi connectivity index (χ1) is 12.1. The van der Waals surface area contributed by atoms with Crippen LogP contribution < -0.4 is 0 Å². The van der Waals surface area contributed by atoms with Gasteiger partial charge in [0.15, 0.2) is 5.82 Å². The van der Waals surface area contributed by atoms with Gasteiger partial charge in [-0.1, -0.05) is 28.4 Å². The van der Waals surface area contributed by atoms with Crippen molar-refractivity contribution in [3.05, 3.63) is 34.6 Å². The summed E-state index contributed by atoms with van der Waals surface area (Å²) in [6.07, 6.45) is -0.252. The molecule has 1 aromatic heterocycles. The molecule has 1 amide bonds. The summed E-state index contributed by atoms with van der Waals surface area (Å²) in [7, 11) is 0. The van der Waals surface area contributed by atoms with Crippen molar-refractivity contribution >= 4 is 17.7 Å². The van der Waals surface area contributed by atoms with Crippen LogP contribution in [0.1, 0.15) is 18.3 Å². The highest BCUT2D eigenvalue weighted by Crippen LogP contribution is 2.27. The van der Waals surface area contributed by atoms with Crippen LogP contribution in [0.3, 0.4) is 0 Å². The number of hydrogen-bond acceptors (Lipinski definition) is 6. The van der Waals surface area contributed by atoms with Crippen LogP contribution in [0.5, 0.6) is 0 Å². The van der Waals surface area contributed by atoms with Crippen molar-refractivity contribution in [1.82, 2.24) is 19.9 Å². The van der Waals surface area contributed by atoms with Crippen molar-refractivity contribution in [3.63, 3.8) is 0 Å². The normalized spacial score (nSPS) is 15.4. The summed E-state index contributed by atoms with van der Waals surface area (Å²) in [5, 5.41) is 4.64. The summed E-state index contributed by atoms with van der Waals surface area (Å²) in [5.74, 6) is 1.03. The smallest absolute Gasteiger partial charge is 0.409 e. The Hall–Kier alpha value is -2.12. The molecule has 0 N–H and O–H groups in total. The molecule has 25 heavy (non-hydrogen) atoms. The highest BCUT2D eigenvalue weighted by atomic mass is 35.5. The van der Waals surface area contributed by atoms with Crippen LogP contribution >= 0.6 is 11.6 Å². The molecule has 1 fully saturated rings. The highest BCUT2D eigenvalue weighted by Gasteiger charge is 2.23. The third kappa shape index (κ3) is 4.29. The van der Waals surface area contributed by atoms with E-state index >= 15 is 0 Å². The van der Waals surface area contributed by atoms with Gasteiger partial charge in [0.1, 0.15) is 0 Å². The minimum Gasteiger partial charge on any atom is -0.450 e. The van der Waals surface area contributed by atoms with Gasteiger partial charge in [0.05, 0.1) is 23.7 Å². The fourth-order valence-corrected chi connectivity index (χ4v) is 2.93. The molecule has 3 rings (SSSR count). The number of rotatable bonds is 4. The van der Waals surface area contributed by atoms with Crippen molar-refractivity contribution in [2.45, 2.75) is 20.4 Å². The molecule has 1 aliphatic heterocycles. The van der Waals surface area contributed by atoms with Gasteiger partial charge in [-0.25, -0.2) is 4.79 Å². The number of carbonyl (C=O) groups excluding carboxylic acids is 1. The number of ether oxygens (including phenoxy) is 1. The van der Waals surface area contributed by atoms with Crippen LogP contribution in [0, 0.1) is 6.92 Å². The zero-order valence-electron chi connectivity index (χ0n) is 14.4. The average molecular weight is 365 g/mol. The number of benzene rings is 1. The first-order valence-electron chi connectivity index (χ1n) is 8.30. The highest BCUT2D eigenvalue weighted by molar-refractivity contribution is 6.33.